The van der Waals surface area contributed by atoms with Gasteiger partial charge < -0.3 is 20.1 Å². The van der Waals surface area contributed by atoms with Gasteiger partial charge in [0.05, 0.1) is 23.7 Å². The number of rotatable bonds is 14. The maximum Gasteiger partial charge on any atom is 0.305 e. The number of aromatic hydroxyl groups is 1. The molecule has 0 aliphatic carbocycles. The molecule has 0 aliphatic heterocycles. The van der Waals surface area contributed by atoms with Gasteiger partial charge >= 0.3 is 4.87 Å². The lowest BCUT2D eigenvalue weighted by Crippen LogP contribution is -2.23. The van der Waals surface area contributed by atoms with Gasteiger partial charge in [-0.05, 0) is 43.0 Å². The Morgan fingerprint density at radius 2 is 1.87 bits per heavy atom. The lowest BCUT2D eigenvalue weighted by molar-refractivity contribution is 0.124. The topological polar surface area (TPSA) is 101 Å². The zero-order chi connectivity index (χ0) is 21.9. The second-order valence-corrected chi connectivity index (χ2v) is 9.23. The van der Waals surface area contributed by atoms with Crippen LogP contribution in [0.15, 0.2) is 47.3 Å². The zero-order valence-corrected chi connectivity index (χ0v) is 18.9. The van der Waals surface area contributed by atoms with Gasteiger partial charge in [0.2, 0.25) is 0 Å². The minimum absolute atomic E-state index is 0.0826. The molecule has 0 aliphatic rings. The first-order chi connectivity index (χ1) is 15.1. The highest BCUT2D eigenvalue weighted by Crippen LogP contribution is 2.27. The van der Waals surface area contributed by atoms with E-state index in [0.717, 1.165) is 28.0 Å². The Morgan fingerprint density at radius 3 is 2.71 bits per heavy atom. The van der Waals surface area contributed by atoms with E-state index in [2.05, 4.69) is 22.4 Å². The molecule has 3 aromatic rings. The molecule has 168 valence electrons. The van der Waals surface area contributed by atoms with Crippen molar-refractivity contribution in [1.82, 2.24) is 10.3 Å². The number of hydrogen-bond acceptors (Lipinski definition) is 7. The lowest BCUT2D eigenvalue weighted by Gasteiger charge is -2.07. The van der Waals surface area contributed by atoms with Crippen LogP contribution in [0.2, 0.25) is 0 Å². The van der Waals surface area contributed by atoms with E-state index < -0.39 is 11.1 Å². The Bertz CT molecular complexity index is 1020. The fourth-order valence-corrected chi connectivity index (χ4v) is 4.71. The predicted octanol–water partition coefficient (Wildman–Crippen LogP) is 2.76. The average molecular weight is 465 g/mol. The Kier molecular flexibility index (Phi) is 9.70. The van der Waals surface area contributed by atoms with Gasteiger partial charge in [0.25, 0.3) is 0 Å². The highest BCUT2D eigenvalue weighted by Gasteiger charge is 2.09. The van der Waals surface area contributed by atoms with E-state index in [1.165, 1.54) is 5.56 Å². The number of aromatic amines is 1. The van der Waals surface area contributed by atoms with Crippen LogP contribution in [0, 0.1) is 0 Å². The van der Waals surface area contributed by atoms with Crippen LogP contribution in [-0.4, -0.2) is 53.0 Å². The molecule has 9 heteroatoms. The van der Waals surface area contributed by atoms with E-state index >= 15 is 0 Å². The largest absolute Gasteiger partial charge is 0.506 e. The minimum atomic E-state index is -1.32. The molecule has 1 aromatic heterocycles. The molecule has 0 spiro atoms. The van der Waals surface area contributed by atoms with Gasteiger partial charge in [-0.1, -0.05) is 47.7 Å². The lowest BCUT2D eigenvalue weighted by atomic mass is 10.1. The molecule has 0 fully saturated rings. The summed E-state index contributed by atoms with van der Waals surface area (Å²) in [6.07, 6.45) is 2.31. The maximum absolute atomic E-state index is 11.9. The summed E-state index contributed by atoms with van der Waals surface area (Å²) in [6.45, 7) is 2.93. The van der Waals surface area contributed by atoms with Crippen LogP contribution in [0.3, 0.4) is 0 Å². The molecule has 3 rings (SSSR count). The molecule has 0 bridgehead atoms. The molecule has 1 heterocycles. The van der Waals surface area contributed by atoms with Crippen molar-refractivity contribution in [3.05, 3.63) is 63.3 Å². The van der Waals surface area contributed by atoms with E-state index in [-0.39, 0.29) is 10.6 Å². The fraction of sp³-hybridized carbons (Fsp3) is 0.409. The first-order valence-corrected chi connectivity index (χ1v) is 12.4. The van der Waals surface area contributed by atoms with Gasteiger partial charge in [-0.3, -0.25) is 8.98 Å². The van der Waals surface area contributed by atoms with E-state index in [4.69, 9.17) is 8.92 Å². The second kappa shape index (κ2) is 12.7. The van der Waals surface area contributed by atoms with Crippen LogP contribution in [0.1, 0.15) is 17.5 Å². The Hall–Kier alpha value is -2.04. The molecule has 2 aromatic carbocycles. The summed E-state index contributed by atoms with van der Waals surface area (Å²) in [6, 6.07) is 13.6. The SMILES string of the molecule is O=c1[nH]c2c(O)ccc(CCNCCS(=O)OCCCOCCc3ccccc3)c2s1. The van der Waals surface area contributed by atoms with Crippen LogP contribution < -0.4 is 10.2 Å². The summed E-state index contributed by atoms with van der Waals surface area (Å²) in [4.78, 5) is 14.0. The molecule has 0 radical (unpaired) electrons. The number of phenols is 1. The fourth-order valence-electron chi connectivity index (χ4n) is 3.08. The molecule has 0 amide bonds. The number of phenolic OH excluding ortho intramolecular Hbond substituents is 1. The molecular weight excluding hydrogens is 436 g/mol. The zero-order valence-electron chi connectivity index (χ0n) is 17.3. The molecule has 0 saturated heterocycles. The number of benzene rings is 2. The third-order valence-corrected chi connectivity index (χ3v) is 6.61. The first-order valence-electron chi connectivity index (χ1n) is 10.3. The maximum atomic E-state index is 11.9. The smallest absolute Gasteiger partial charge is 0.305 e. The third-order valence-electron chi connectivity index (χ3n) is 4.68. The van der Waals surface area contributed by atoms with Gasteiger partial charge in [0, 0.05) is 13.2 Å². The highest BCUT2D eigenvalue weighted by molar-refractivity contribution is 7.80. The van der Waals surface area contributed by atoms with Crippen molar-refractivity contribution in [2.75, 3.05) is 38.7 Å². The summed E-state index contributed by atoms with van der Waals surface area (Å²) < 4.78 is 23.6. The highest BCUT2D eigenvalue weighted by atomic mass is 32.2. The minimum Gasteiger partial charge on any atom is -0.506 e. The Labute approximate surface area is 188 Å². The van der Waals surface area contributed by atoms with Crippen LogP contribution in [0.4, 0.5) is 0 Å². The van der Waals surface area contributed by atoms with Crippen molar-refractivity contribution in [3.8, 4) is 5.75 Å². The van der Waals surface area contributed by atoms with E-state index in [0.29, 0.717) is 57.0 Å². The number of H-pyrrole nitrogens is 1. The molecule has 0 saturated carbocycles. The summed E-state index contributed by atoms with van der Waals surface area (Å²) in [5.41, 5.74) is 2.74. The summed E-state index contributed by atoms with van der Waals surface area (Å²) in [5.74, 6) is 0.497. The Balaban J connectivity index is 1.21. The van der Waals surface area contributed by atoms with Gasteiger partial charge in [0.1, 0.15) is 11.3 Å². The standard InChI is InChI=1S/C22H28N2O5S2/c25-19-8-7-18(21-20(19)24-22(26)30-21)9-11-23-12-16-31(27)29-14-4-13-28-15-10-17-5-2-1-3-6-17/h1-3,5-8,23,25H,4,9-16H2,(H,24,26). The summed E-state index contributed by atoms with van der Waals surface area (Å²) in [7, 11) is 0. The van der Waals surface area contributed by atoms with Crippen molar-refractivity contribution in [2.45, 2.75) is 19.3 Å². The van der Waals surface area contributed by atoms with Crippen molar-refractivity contribution in [2.24, 2.45) is 0 Å². The molecule has 7 nitrogen and oxygen atoms in total. The van der Waals surface area contributed by atoms with E-state index in [1.54, 1.807) is 6.07 Å². The van der Waals surface area contributed by atoms with E-state index in [9.17, 15) is 14.1 Å². The normalized spacial score (nSPS) is 12.4. The monoisotopic (exact) mass is 464 g/mol. The average Bonchev–Trinajstić information content (AvgIpc) is 3.17. The summed E-state index contributed by atoms with van der Waals surface area (Å²) >= 11 is -0.224. The van der Waals surface area contributed by atoms with Crippen LogP contribution in [0.25, 0.3) is 10.2 Å². The number of ether oxygens (including phenoxy) is 1. The van der Waals surface area contributed by atoms with Crippen molar-refractivity contribution < 1.29 is 18.2 Å². The third kappa shape index (κ3) is 7.86. The van der Waals surface area contributed by atoms with E-state index in [1.807, 2.05) is 24.3 Å². The number of thiazole rings is 1. The number of nitrogens with one attached hydrogen (secondary N) is 2. The number of hydrogen-bond donors (Lipinski definition) is 3. The number of aromatic nitrogens is 1. The van der Waals surface area contributed by atoms with Gasteiger partial charge in [0.15, 0.2) is 11.1 Å². The Morgan fingerprint density at radius 1 is 1.03 bits per heavy atom. The first kappa shape index (κ1) is 23.6. The van der Waals surface area contributed by atoms with Gasteiger partial charge in [-0.2, -0.15) is 0 Å². The van der Waals surface area contributed by atoms with Gasteiger partial charge in [-0.15, -0.1) is 0 Å². The quantitative estimate of drug-likeness (QED) is 0.317. The van der Waals surface area contributed by atoms with Crippen molar-refractivity contribution in [3.63, 3.8) is 0 Å². The molecule has 1 atom stereocenters. The predicted molar refractivity (Wildman–Crippen MR) is 125 cm³/mol. The molecular formula is C22H28N2O5S2. The molecule has 31 heavy (non-hydrogen) atoms. The van der Waals surface area contributed by atoms with Crippen molar-refractivity contribution in [1.29, 1.82) is 0 Å². The van der Waals surface area contributed by atoms with Crippen LogP contribution in [-0.2, 0) is 32.8 Å². The number of fused-ring (bicyclic) bond motifs is 1. The van der Waals surface area contributed by atoms with Gasteiger partial charge in [-0.25, -0.2) is 4.21 Å². The molecule has 3 N–H and O–H groups in total. The van der Waals surface area contributed by atoms with Crippen LogP contribution in [0.5, 0.6) is 5.75 Å². The molecule has 1 unspecified atom stereocenters. The summed E-state index contributed by atoms with van der Waals surface area (Å²) in [5, 5.41) is 13.1. The van der Waals surface area contributed by atoms with Crippen molar-refractivity contribution >= 4 is 32.6 Å². The van der Waals surface area contributed by atoms with Crippen LogP contribution >= 0.6 is 11.3 Å². The second-order valence-electron chi connectivity index (χ2n) is 6.99.